The fraction of sp³-hybridized carbons (Fsp3) is 1.00. The van der Waals surface area contributed by atoms with Crippen LogP contribution < -0.4 is 5.73 Å². The molecule has 5 heteroatoms. The Morgan fingerprint density at radius 3 is 1.87 bits per heavy atom. The van der Waals surface area contributed by atoms with Crippen LogP contribution in [0.2, 0.25) is 0 Å². The molecule has 0 amide bonds. The molecule has 3 rings (SSSR count). The van der Waals surface area contributed by atoms with Crippen molar-refractivity contribution >= 4 is 12.4 Å². The molecule has 0 spiro atoms. The van der Waals surface area contributed by atoms with Gasteiger partial charge in [-0.15, -0.1) is 12.4 Å². The lowest BCUT2D eigenvalue weighted by Gasteiger charge is -2.51. The van der Waals surface area contributed by atoms with Crippen LogP contribution in [0.4, 0.5) is 13.2 Å². The van der Waals surface area contributed by atoms with Crippen molar-refractivity contribution in [3.63, 3.8) is 0 Å². The van der Waals surface area contributed by atoms with Gasteiger partial charge in [0.25, 0.3) is 0 Å². The van der Waals surface area contributed by atoms with Crippen LogP contribution in [0.5, 0.6) is 0 Å². The van der Waals surface area contributed by atoms with Crippen molar-refractivity contribution in [3.8, 4) is 0 Å². The summed E-state index contributed by atoms with van der Waals surface area (Å²) in [5, 5.41) is 0. The molecular formula is C10H17ClF3N. The molecule has 1 nitrogen and oxygen atoms in total. The summed E-state index contributed by atoms with van der Waals surface area (Å²) in [6, 6.07) is 0. The van der Waals surface area contributed by atoms with E-state index in [9.17, 15) is 13.2 Å². The lowest BCUT2D eigenvalue weighted by molar-refractivity contribution is -0.263. The first-order valence-electron chi connectivity index (χ1n) is 5.26. The van der Waals surface area contributed by atoms with Gasteiger partial charge in [-0.25, -0.2) is 0 Å². The van der Waals surface area contributed by atoms with Crippen molar-refractivity contribution in [2.45, 2.75) is 38.3 Å². The highest BCUT2D eigenvalue weighted by molar-refractivity contribution is 5.85. The molecule has 0 saturated heterocycles. The third-order valence-electron chi connectivity index (χ3n) is 4.21. The largest absolute Gasteiger partial charge is 0.395 e. The van der Waals surface area contributed by atoms with E-state index < -0.39 is 11.6 Å². The SMILES string of the molecule is Cl.NCC1(C(F)(F)F)CC2CCC1CC2. The van der Waals surface area contributed by atoms with Crippen LogP contribution in [0.25, 0.3) is 0 Å². The average Bonchev–Trinajstić information content (AvgIpc) is 2.17. The molecule has 3 saturated carbocycles. The fourth-order valence-electron chi connectivity index (χ4n) is 3.31. The number of hydrogen-bond acceptors (Lipinski definition) is 1. The highest BCUT2D eigenvalue weighted by Gasteiger charge is 2.61. The monoisotopic (exact) mass is 243 g/mol. The van der Waals surface area contributed by atoms with Crippen LogP contribution in [-0.4, -0.2) is 12.7 Å². The van der Waals surface area contributed by atoms with Gasteiger partial charge in [0.15, 0.2) is 0 Å². The van der Waals surface area contributed by atoms with Gasteiger partial charge in [-0.3, -0.25) is 0 Å². The van der Waals surface area contributed by atoms with Crippen molar-refractivity contribution in [2.24, 2.45) is 23.0 Å². The molecular weight excluding hydrogens is 227 g/mol. The minimum absolute atomic E-state index is 0. The average molecular weight is 244 g/mol. The summed E-state index contributed by atoms with van der Waals surface area (Å²) < 4.78 is 38.9. The zero-order chi connectivity index (χ0) is 10.4. The van der Waals surface area contributed by atoms with Gasteiger partial charge >= 0.3 is 6.18 Å². The Balaban J connectivity index is 0.00000112. The number of rotatable bonds is 1. The van der Waals surface area contributed by atoms with E-state index in [0.717, 1.165) is 25.7 Å². The molecule has 0 aromatic heterocycles. The molecule has 3 fully saturated rings. The highest BCUT2D eigenvalue weighted by Crippen LogP contribution is 2.58. The van der Waals surface area contributed by atoms with E-state index in [4.69, 9.17) is 5.73 Å². The van der Waals surface area contributed by atoms with Crippen molar-refractivity contribution in [1.82, 2.24) is 0 Å². The van der Waals surface area contributed by atoms with Crippen LogP contribution in [0, 0.1) is 17.3 Å². The van der Waals surface area contributed by atoms with Gasteiger partial charge in [0.1, 0.15) is 0 Å². The van der Waals surface area contributed by atoms with Crippen LogP contribution in [0.15, 0.2) is 0 Å². The summed E-state index contributed by atoms with van der Waals surface area (Å²) >= 11 is 0. The maximum Gasteiger partial charge on any atom is 0.395 e. The Morgan fingerprint density at radius 2 is 1.67 bits per heavy atom. The van der Waals surface area contributed by atoms with E-state index in [1.807, 2.05) is 0 Å². The summed E-state index contributed by atoms with van der Waals surface area (Å²) in [5.74, 6) is 0.0580. The summed E-state index contributed by atoms with van der Waals surface area (Å²) in [5.41, 5.74) is 3.84. The molecule has 0 aromatic rings. The standard InChI is InChI=1S/C10H16F3N.ClH/c11-10(12,13)9(6-14)5-7-1-3-8(9)4-2-7;/h7-8H,1-6,14H2;1H. The minimum Gasteiger partial charge on any atom is -0.330 e. The molecule has 0 heterocycles. The third kappa shape index (κ3) is 1.86. The topological polar surface area (TPSA) is 26.0 Å². The molecule has 2 N–H and O–H groups in total. The van der Waals surface area contributed by atoms with E-state index in [0.29, 0.717) is 0 Å². The second-order valence-electron chi connectivity index (χ2n) is 4.78. The van der Waals surface area contributed by atoms with Gasteiger partial charge in [-0.05, 0) is 31.1 Å². The van der Waals surface area contributed by atoms with Crippen LogP contribution in [0.3, 0.4) is 0 Å². The summed E-state index contributed by atoms with van der Waals surface area (Å²) in [4.78, 5) is 0. The van der Waals surface area contributed by atoms with E-state index in [-0.39, 0.29) is 37.2 Å². The predicted molar refractivity (Wildman–Crippen MR) is 54.9 cm³/mol. The number of hydrogen-bond donors (Lipinski definition) is 1. The van der Waals surface area contributed by atoms with Gasteiger partial charge in [0.05, 0.1) is 5.41 Å². The van der Waals surface area contributed by atoms with Crippen molar-refractivity contribution in [2.75, 3.05) is 6.54 Å². The summed E-state index contributed by atoms with van der Waals surface area (Å²) in [6.07, 6.45) is -0.434. The molecule has 3 aliphatic rings. The van der Waals surface area contributed by atoms with Crippen LogP contribution in [0.1, 0.15) is 32.1 Å². The highest BCUT2D eigenvalue weighted by atomic mass is 35.5. The fourth-order valence-corrected chi connectivity index (χ4v) is 3.31. The summed E-state index contributed by atoms with van der Waals surface area (Å²) in [7, 11) is 0. The number of alkyl halides is 3. The second kappa shape index (κ2) is 4.13. The molecule has 3 aliphatic carbocycles. The Bertz CT molecular complexity index is 223. The molecule has 15 heavy (non-hydrogen) atoms. The number of halogens is 4. The molecule has 1 atom stereocenters. The minimum atomic E-state index is -4.11. The van der Waals surface area contributed by atoms with Crippen LogP contribution in [-0.2, 0) is 0 Å². The maximum atomic E-state index is 13.0. The lowest BCUT2D eigenvalue weighted by atomic mass is 9.55. The van der Waals surface area contributed by atoms with Gasteiger partial charge < -0.3 is 5.73 Å². The van der Waals surface area contributed by atoms with E-state index in [1.54, 1.807) is 0 Å². The number of fused-ring (bicyclic) bond motifs is 3. The molecule has 0 radical (unpaired) electrons. The quantitative estimate of drug-likeness (QED) is 0.752. The smallest absolute Gasteiger partial charge is 0.330 e. The van der Waals surface area contributed by atoms with Gasteiger partial charge in [-0.1, -0.05) is 12.8 Å². The van der Waals surface area contributed by atoms with Crippen molar-refractivity contribution < 1.29 is 13.2 Å². The number of nitrogens with two attached hydrogens (primary N) is 1. The van der Waals surface area contributed by atoms with Crippen LogP contribution >= 0.6 is 12.4 Å². The molecule has 0 aliphatic heterocycles. The molecule has 1 unspecified atom stereocenters. The zero-order valence-electron chi connectivity index (χ0n) is 8.52. The normalized spacial score (nSPS) is 40.0. The van der Waals surface area contributed by atoms with Gasteiger partial charge in [0.2, 0.25) is 0 Å². The first-order chi connectivity index (χ1) is 6.49. The first-order valence-corrected chi connectivity index (χ1v) is 5.26. The Kier molecular flexibility index (Phi) is 3.61. The van der Waals surface area contributed by atoms with E-state index in [1.165, 1.54) is 0 Å². The van der Waals surface area contributed by atoms with E-state index >= 15 is 0 Å². The zero-order valence-corrected chi connectivity index (χ0v) is 9.33. The van der Waals surface area contributed by atoms with E-state index in [2.05, 4.69) is 0 Å². The Hall–Kier alpha value is 0.0400. The molecule has 2 bridgehead atoms. The summed E-state index contributed by atoms with van der Waals surface area (Å²) in [6.45, 7) is -0.225. The molecule has 90 valence electrons. The predicted octanol–water partition coefficient (Wildman–Crippen LogP) is 3.13. The third-order valence-corrected chi connectivity index (χ3v) is 4.21. The van der Waals surface area contributed by atoms with Crippen molar-refractivity contribution in [1.29, 1.82) is 0 Å². The lowest BCUT2D eigenvalue weighted by Crippen LogP contribution is -2.55. The Labute approximate surface area is 94.0 Å². The second-order valence-corrected chi connectivity index (χ2v) is 4.78. The van der Waals surface area contributed by atoms with Crippen molar-refractivity contribution in [3.05, 3.63) is 0 Å². The first kappa shape index (κ1) is 13.1. The van der Waals surface area contributed by atoms with Gasteiger partial charge in [-0.2, -0.15) is 13.2 Å². The van der Waals surface area contributed by atoms with Gasteiger partial charge in [0, 0.05) is 6.54 Å². The molecule has 0 aromatic carbocycles. The maximum absolute atomic E-state index is 13.0. The Morgan fingerprint density at radius 1 is 1.13 bits per heavy atom.